The quantitative estimate of drug-likeness (QED) is 0.315. The summed E-state index contributed by atoms with van der Waals surface area (Å²) >= 11 is 0. The molecule has 2 aromatic carbocycles. The molecule has 0 heterocycles. The number of rotatable bonds is 11. The zero-order chi connectivity index (χ0) is 20.0. The smallest absolute Gasteiger partial charge is 0.191 e. The molecule has 0 radical (unpaired) electrons. The summed E-state index contributed by atoms with van der Waals surface area (Å²) in [6.45, 7) is 5.10. The van der Waals surface area contributed by atoms with Crippen LogP contribution in [-0.4, -0.2) is 51.1 Å². The average Bonchev–Trinajstić information content (AvgIpc) is 2.73. The fourth-order valence-corrected chi connectivity index (χ4v) is 2.72. The molecule has 6 heteroatoms. The van der Waals surface area contributed by atoms with E-state index in [0.717, 1.165) is 29.4 Å². The zero-order valence-electron chi connectivity index (χ0n) is 16.7. The van der Waals surface area contributed by atoms with Crippen molar-refractivity contribution in [2.45, 2.75) is 19.4 Å². The van der Waals surface area contributed by atoms with E-state index in [4.69, 9.17) is 9.47 Å². The Bertz CT molecular complexity index is 707. The van der Waals surface area contributed by atoms with Crippen LogP contribution in [0.2, 0.25) is 0 Å². The molecule has 6 nitrogen and oxygen atoms in total. The number of ether oxygens (including phenoxy) is 2. The van der Waals surface area contributed by atoms with E-state index in [1.165, 1.54) is 0 Å². The van der Waals surface area contributed by atoms with E-state index in [0.29, 0.717) is 26.3 Å². The molecule has 1 atom stereocenters. The molecule has 152 valence electrons. The Labute approximate surface area is 167 Å². The van der Waals surface area contributed by atoms with Gasteiger partial charge in [-0.05, 0) is 30.2 Å². The third-order valence-corrected chi connectivity index (χ3v) is 4.23. The number of benzene rings is 2. The highest BCUT2D eigenvalue weighted by atomic mass is 16.5. The van der Waals surface area contributed by atoms with E-state index in [1.54, 1.807) is 7.11 Å². The predicted molar refractivity (Wildman–Crippen MR) is 113 cm³/mol. The Morgan fingerprint density at radius 1 is 1.07 bits per heavy atom. The summed E-state index contributed by atoms with van der Waals surface area (Å²) in [6, 6.07) is 17.9. The summed E-state index contributed by atoms with van der Waals surface area (Å²) in [6.07, 6.45) is 0. The van der Waals surface area contributed by atoms with Crippen LogP contribution in [0.1, 0.15) is 24.0 Å². The highest BCUT2D eigenvalue weighted by Crippen LogP contribution is 2.15. The van der Waals surface area contributed by atoms with Crippen LogP contribution >= 0.6 is 0 Å². The molecule has 0 aromatic heterocycles. The Balaban J connectivity index is 1.95. The summed E-state index contributed by atoms with van der Waals surface area (Å²) in [5.41, 5.74) is 2.17. The Kier molecular flexibility index (Phi) is 9.89. The van der Waals surface area contributed by atoms with E-state index in [-0.39, 0.29) is 12.5 Å². The molecule has 0 aliphatic heterocycles. The van der Waals surface area contributed by atoms with E-state index < -0.39 is 0 Å². The second kappa shape index (κ2) is 12.8. The van der Waals surface area contributed by atoms with Crippen LogP contribution in [0.5, 0.6) is 5.75 Å². The summed E-state index contributed by atoms with van der Waals surface area (Å²) in [5, 5.41) is 16.3. The maximum atomic E-state index is 9.73. The van der Waals surface area contributed by atoms with Crippen LogP contribution in [-0.2, 0) is 11.3 Å². The van der Waals surface area contributed by atoms with E-state index >= 15 is 0 Å². The summed E-state index contributed by atoms with van der Waals surface area (Å²) < 4.78 is 10.7. The van der Waals surface area contributed by atoms with Gasteiger partial charge in [0.15, 0.2) is 5.96 Å². The van der Waals surface area contributed by atoms with Crippen LogP contribution in [0.25, 0.3) is 0 Å². The molecule has 0 saturated heterocycles. The first-order chi connectivity index (χ1) is 13.8. The van der Waals surface area contributed by atoms with Gasteiger partial charge >= 0.3 is 0 Å². The fourth-order valence-electron chi connectivity index (χ4n) is 2.72. The molecule has 0 spiro atoms. The lowest BCUT2D eigenvalue weighted by atomic mass is 10.0. The zero-order valence-corrected chi connectivity index (χ0v) is 16.7. The first-order valence-corrected chi connectivity index (χ1v) is 9.65. The van der Waals surface area contributed by atoms with Gasteiger partial charge in [0.05, 0.1) is 19.8 Å². The largest absolute Gasteiger partial charge is 0.491 e. The van der Waals surface area contributed by atoms with E-state index in [1.807, 2.05) is 61.5 Å². The van der Waals surface area contributed by atoms with Gasteiger partial charge in [0.25, 0.3) is 0 Å². The second-order valence-corrected chi connectivity index (χ2v) is 6.35. The van der Waals surface area contributed by atoms with Gasteiger partial charge in [0.1, 0.15) is 12.4 Å². The fraction of sp³-hybridized carbons (Fsp3) is 0.409. The number of nitrogens with zero attached hydrogens (tertiary/aromatic N) is 1. The summed E-state index contributed by atoms with van der Waals surface area (Å²) in [4.78, 5) is 4.65. The van der Waals surface area contributed by atoms with Gasteiger partial charge in [-0.25, -0.2) is 4.99 Å². The summed E-state index contributed by atoms with van der Waals surface area (Å²) in [7, 11) is 1.66. The number of aliphatic hydroxyl groups is 1. The molecule has 0 fully saturated rings. The van der Waals surface area contributed by atoms with Crippen LogP contribution in [0, 0.1) is 0 Å². The predicted octanol–water partition coefficient (Wildman–Crippen LogP) is 2.54. The minimum Gasteiger partial charge on any atom is -0.491 e. The lowest BCUT2D eigenvalue weighted by Crippen LogP contribution is -2.39. The van der Waals surface area contributed by atoms with Crippen LogP contribution in [0.3, 0.4) is 0 Å². The Morgan fingerprint density at radius 3 is 2.61 bits per heavy atom. The number of hydrogen-bond donors (Lipinski definition) is 3. The normalized spacial score (nSPS) is 12.5. The molecule has 0 bridgehead atoms. The van der Waals surface area contributed by atoms with Gasteiger partial charge in [-0.2, -0.15) is 0 Å². The molecule has 2 aromatic rings. The molecule has 0 aliphatic rings. The van der Waals surface area contributed by atoms with E-state index in [2.05, 4.69) is 15.6 Å². The van der Waals surface area contributed by atoms with Crippen molar-refractivity contribution >= 4 is 5.96 Å². The van der Waals surface area contributed by atoms with Gasteiger partial charge in [-0.15, -0.1) is 0 Å². The highest BCUT2D eigenvalue weighted by molar-refractivity contribution is 5.79. The van der Waals surface area contributed by atoms with Crippen molar-refractivity contribution in [3.63, 3.8) is 0 Å². The van der Waals surface area contributed by atoms with Crippen molar-refractivity contribution < 1.29 is 14.6 Å². The topological polar surface area (TPSA) is 75.1 Å². The molecular weight excluding hydrogens is 354 g/mol. The highest BCUT2D eigenvalue weighted by Gasteiger charge is 2.10. The second-order valence-electron chi connectivity index (χ2n) is 6.35. The SMILES string of the molecule is CCNC(=NCc1cccc(OCCOC)c1)NCC(CO)c1ccccc1. The molecular formula is C22H31N3O3. The van der Waals surface area contributed by atoms with Gasteiger partial charge in [-0.1, -0.05) is 42.5 Å². The van der Waals surface area contributed by atoms with Crippen LogP contribution in [0.4, 0.5) is 0 Å². The molecule has 1 unspecified atom stereocenters. The number of hydrogen-bond acceptors (Lipinski definition) is 4. The minimum atomic E-state index is 0.0163. The number of methoxy groups -OCH3 is 1. The first-order valence-electron chi connectivity index (χ1n) is 9.65. The first kappa shape index (κ1) is 21.7. The molecule has 28 heavy (non-hydrogen) atoms. The molecule has 0 amide bonds. The number of aliphatic hydroxyl groups excluding tert-OH is 1. The average molecular weight is 386 g/mol. The van der Waals surface area contributed by atoms with Crippen molar-refractivity contribution in [3.05, 3.63) is 65.7 Å². The molecule has 0 saturated carbocycles. The van der Waals surface area contributed by atoms with Gasteiger partial charge in [0, 0.05) is 26.1 Å². The van der Waals surface area contributed by atoms with Crippen molar-refractivity contribution in [1.29, 1.82) is 0 Å². The van der Waals surface area contributed by atoms with Gasteiger partial charge in [0.2, 0.25) is 0 Å². The minimum absolute atomic E-state index is 0.0163. The lowest BCUT2D eigenvalue weighted by Gasteiger charge is -2.18. The third kappa shape index (κ3) is 7.58. The van der Waals surface area contributed by atoms with Crippen LogP contribution < -0.4 is 15.4 Å². The number of aliphatic imine (C=N–C) groups is 1. The Hall–Kier alpha value is -2.57. The standard InChI is InChI=1S/C22H31N3O3/c1-3-23-22(25-16-20(17-26)19-9-5-4-6-10-19)24-15-18-8-7-11-21(14-18)28-13-12-27-2/h4-11,14,20,26H,3,12-13,15-17H2,1-2H3,(H2,23,24,25). The maximum absolute atomic E-state index is 9.73. The lowest BCUT2D eigenvalue weighted by molar-refractivity contribution is 0.146. The van der Waals surface area contributed by atoms with E-state index in [9.17, 15) is 5.11 Å². The maximum Gasteiger partial charge on any atom is 0.191 e. The van der Waals surface area contributed by atoms with Gasteiger partial charge < -0.3 is 25.2 Å². The van der Waals surface area contributed by atoms with Crippen molar-refractivity contribution in [1.82, 2.24) is 10.6 Å². The van der Waals surface area contributed by atoms with Crippen LogP contribution in [0.15, 0.2) is 59.6 Å². The van der Waals surface area contributed by atoms with Crippen molar-refractivity contribution in [3.8, 4) is 5.75 Å². The van der Waals surface area contributed by atoms with Crippen molar-refractivity contribution in [2.24, 2.45) is 4.99 Å². The summed E-state index contributed by atoms with van der Waals surface area (Å²) in [5.74, 6) is 1.55. The van der Waals surface area contributed by atoms with Crippen molar-refractivity contribution in [2.75, 3.05) is 40.0 Å². The van der Waals surface area contributed by atoms with Gasteiger partial charge in [-0.3, -0.25) is 0 Å². The number of nitrogens with one attached hydrogen (secondary N) is 2. The molecule has 2 rings (SSSR count). The molecule has 3 N–H and O–H groups in total. The third-order valence-electron chi connectivity index (χ3n) is 4.23. The Morgan fingerprint density at radius 2 is 1.89 bits per heavy atom. The molecule has 0 aliphatic carbocycles. The number of guanidine groups is 1. The monoisotopic (exact) mass is 385 g/mol.